The van der Waals surface area contributed by atoms with Crippen LogP contribution in [0.15, 0.2) is 65.6 Å². The minimum atomic E-state index is -3.45. The molecule has 0 atom stereocenters. The van der Waals surface area contributed by atoms with E-state index < -0.39 is 10.0 Å². The maximum absolute atomic E-state index is 12.1. The fourth-order valence-corrected chi connectivity index (χ4v) is 3.07. The van der Waals surface area contributed by atoms with Gasteiger partial charge in [0, 0.05) is 6.54 Å². The molecule has 0 saturated carbocycles. The monoisotopic (exact) mass is 287 g/mol. The molecule has 0 aromatic heterocycles. The second kappa shape index (κ2) is 6.50. The summed E-state index contributed by atoms with van der Waals surface area (Å²) in [5, 5.41) is 0. The summed E-state index contributed by atoms with van der Waals surface area (Å²) >= 11 is 0. The zero-order valence-electron chi connectivity index (χ0n) is 11.3. The van der Waals surface area contributed by atoms with Crippen LogP contribution >= 0.6 is 0 Å². The molecule has 2 aromatic rings. The number of rotatable bonds is 5. The Morgan fingerprint density at radius 2 is 1.65 bits per heavy atom. The summed E-state index contributed by atoms with van der Waals surface area (Å²) in [7, 11) is -3.45. The van der Waals surface area contributed by atoms with Crippen LogP contribution in [0, 0.1) is 6.92 Å². The highest BCUT2D eigenvalue weighted by Crippen LogP contribution is 2.13. The van der Waals surface area contributed by atoms with E-state index in [1.807, 2.05) is 42.5 Å². The summed E-state index contributed by atoms with van der Waals surface area (Å²) in [6, 6.07) is 16.7. The minimum absolute atomic E-state index is 0.269. The highest BCUT2D eigenvalue weighted by Gasteiger charge is 2.14. The van der Waals surface area contributed by atoms with Gasteiger partial charge in [-0.15, -0.1) is 0 Å². The molecule has 0 spiro atoms. The van der Waals surface area contributed by atoms with E-state index in [-0.39, 0.29) is 6.54 Å². The molecule has 104 valence electrons. The molecule has 1 N–H and O–H groups in total. The molecule has 0 heterocycles. The van der Waals surface area contributed by atoms with Crippen LogP contribution in [-0.4, -0.2) is 15.0 Å². The average Bonchev–Trinajstić information content (AvgIpc) is 2.45. The average molecular weight is 287 g/mol. The van der Waals surface area contributed by atoms with E-state index in [9.17, 15) is 8.42 Å². The largest absolute Gasteiger partial charge is 0.241 e. The van der Waals surface area contributed by atoms with Gasteiger partial charge in [-0.3, -0.25) is 0 Å². The fourth-order valence-electron chi connectivity index (χ4n) is 1.85. The third kappa shape index (κ3) is 3.79. The molecule has 0 aliphatic rings. The molecule has 0 saturated heterocycles. The number of hydrogen-bond acceptors (Lipinski definition) is 2. The van der Waals surface area contributed by atoms with Gasteiger partial charge in [-0.05, 0) is 24.1 Å². The van der Waals surface area contributed by atoms with E-state index in [1.54, 1.807) is 31.2 Å². The van der Waals surface area contributed by atoms with Gasteiger partial charge in [0.15, 0.2) is 0 Å². The summed E-state index contributed by atoms with van der Waals surface area (Å²) in [4.78, 5) is 0.327. The van der Waals surface area contributed by atoms with Gasteiger partial charge >= 0.3 is 0 Å². The van der Waals surface area contributed by atoms with E-state index in [0.29, 0.717) is 4.90 Å². The quantitative estimate of drug-likeness (QED) is 0.919. The molecule has 2 aromatic carbocycles. The zero-order chi connectivity index (χ0) is 14.4. The Balaban J connectivity index is 2.00. The molecule has 0 fully saturated rings. The lowest BCUT2D eigenvalue weighted by atomic mass is 10.2. The summed E-state index contributed by atoms with van der Waals surface area (Å²) in [6.45, 7) is 2.06. The second-order valence-electron chi connectivity index (χ2n) is 4.43. The van der Waals surface area contributed by atoms with Gasteiger partial charge in [-0.1, -0.05) is 60.7 Å². The van der Waals surface area contributed by atoms with E-state index in [1.165, 1.54) is 0 Å². The Morgan fingerprint density at radius 1 is 1.00 bits per heavy atom. The molecule has 0 aliphatic carbocycles. The van der Waals surface area contributed by atoms with Gasteiger partial charge in [0.1, 0.15) is 0 Å². The predicted octanol–water partition coefficient (Wildman–Crippen LogP) is 2.99. The molecule has 0 radical (unpaired) electrons. The molecule has 3 nitrogen and oxygen atoms in total. The Bertz CT molecular complexity index is 691. The SMILES string of the molecule is Cc1ccccc1S(=O)(=O)NC/C=C/c1ccccc1. The number of benzene rings is 2. The van der Waals surface area contributed by atoms with Gasteiger partial charge in [-0.25, -0.2) is 13.1 Å². The summed E-state index contributed by atoms with van der Waals surface area (Å²) in [5.74, 6) is 0. The van der Waals surface area contributed by atoms with Crippen LogP contribution in [0.25, 0.3) is 6.08 Å². The molecule has 20 heavy (non-hydrogen) atoms. The van der Waals surface area contributed by atoms with Crippen LogP contribution in [0.3, 0.4) is 0 Å². The standard InChI is InChI=1S/C16H17NO2S/c1-14-8-5-6-12-16(14)20(18,19)17-13-7-11-15-9-3-2-4-10-15/h2-12,17H,13H2,1H3/b11-7+. The molecule has 4 heteroatoms. The van der Waals surface area contributed by atoms with Crippen molar-refractivity contribution in [1.29, 1.82) is 0 Å². The highest BCUT2D eigenvalue weighted by atomic mass is 32.2. The molecule has 2 rings (SSSR count). The van der Waals surface area contributed by atoms with Crippen LogP contribution in [0.1, 0.15) is 11.1 Å². The highest BCUT2D eigenvalue weighted by molar-refractivity contribution is 7.89. The first-order valence-electron chi connectivity index (χ1n) is 6.36. The zero-order valence-corrected chi connectivity index (χ0v) is 12.1. The lowest BCUT2D eigenvalue weighted by Gasteiger charge is -2.07. The predicted molar refractivity (Wildman–Crippen MR) is 81.8 cm³/mol. The van der Waals surface area contributed by atoms with Gasteiger partial charge in [0.2, 0.25) is 10.0 Å². The van der Waals surface area contributed by atoms with Crippen molar-refractivity contribution in [3.63, 3.8) is 0 Å². The summed E-state index contributed by atoms with van der Waals surface area (Å²) in [6.07, 6.45) is 3.69. The molecular formula is C16H17NO2S. The summed E-state index contributed by atoms with van der Waals surface area (Å²) < 4.78 is 26.8. The molecule has 0 amide bonds. The third-order valence-corrected chi connectivity index (χ3v) is 4.47. The number of hydrogen-bond donors (Lipinski definition) is 1. The van der Waals surface area contributed by atoms with E-state index in [2.05, 4.69) is 4.72 Å². The summed E-state index contributed by atoms with van der Waals surface area (Å²) in [5.41, 5.74) is 1.79. The van der Waals surface area contributed by atoms with E-state index >= 15 is 0 Å². The minimum Gasteiger partial charge on any atom is -0.207 e. The molecule has 0 unspecified atom stereocenters. The van der Waals surface area contributed by atoms with Crippen molar-refractivity contribution in [3.8, 4) is 0 Å². The number of aryl methyl sites for hydroxylation is 1. The van der Waals surface area contributed by atoms with Crippen LogP contribution in [0.4, 0.5) is 0 Å². The number of nitrogens with one attached hydrogen (secondary N) is 1. The lowest BCUT2D eigenvalue weighted by molar-refractivity contribution is 0.585. The van der Waals surface area contributed by atoms with Gasteiger partial charge in [0.25, 0.3) is 0 Å². The smallest absolute Gasteiger partial charge is 0.207 e. The fraction of sp³-hybridized carbons (Fsp3) is 0.125. The first kappa shape index (κ1) is 14.5. The van der Waals surface area contributed by atoms with Crippen LogP contribution in [0.5, 0.6) is 0 Å². The van der Waals surface area contributed by atoms with Crippen LogP contribution in [0.2, 0.25) is 0 Å². The van der Waals surface area contributed by atoms with Crippen molar-refractivity contribution >= 4 is 16.1 Å². The van der Waals surface area contributed by atoms with Crippen LogP contribution in [-0.2, 0) is 10.0 Å². The van der Waals surface area contributed by atoms with E-state index in [4.69, 9.17) is 0 Å². The Morgan fingerprint density at radius 3 is 2.35 bits per heavy atom. The molecule has 0 bridgehead atoms. The second-order valence-corrected chi connectivity index (χ2v) is 6.17. The lowest BCUT2D eigenvalue weighted by Crippen LogP contribution is -2.24. The van der Waals surface area contributed by atoms with Crippen molar-refractivity contribution < 1.29 is 8.42 Å². The Hall–Kier alpha value is -1.91. The van der Waals surface area contributed by atoms with Crippen molar-refractivity contribution in [1.82, 2.24) is 4.72 Å². The first-order chi connectivity index (χ1) is 9.59. The first-order valence-corrected chi connectivity index (χ1v) is 7.85. The van der Waals surface area contributed by atoms with Gasteiger partial charge in [-0.2, -0.15) is 0 Å². The van der Waals surface area contributed by atoms with Gasteiger partial charge in [0.05, 0.1) is 4.90 Å². The topological polar surface area (TPSA) is 46.2 Å². The third-order valence-electron chi connectivity index (χ3n) is 2.88. The molecular weight excluding hydrogens is 270 g/mol. The van der Waals surface area contributed by atoms with Crippen molar-refractivity contribution in [2.24, 2.45) is 0 Å². The van der Waals surface area contributed by atoms with Crippen LogP contribution < -0.4 is 4.72 Å². The van der Waals surface area contributed by atoms with E-state index in [0.717, 1.165) is 11.1 Å². The maximum Gasteiger partial charge on any atom is 0.241 e. The molecule has 0 aliphatic heterocycles. The number of sulfonamides is 1. The normalized spacial score (nSPS) is 11.8. The van der Waals surface area contributed by atoms with Crippen molar-refractivity contribution in [3.05, 3.63) is 71.8 Å². The Kier molecular flexibility index (Phi) is 4.71. The Labute approximate surface area is 120 Å². The maximum atomic E-state index is 12.1. The van der Waals surface area contributed by atoms with Crippen molar-refractivity contribution in [2.45, 2.75) is 11.8 Å². The van der Waals surface area contributed by atoms with Gasteiger partial charge < -0.3 is 0 Å². The van der Waals surface area contributed by atoms with Crippen molar-refractivity contribution in [2.75, 3.05) is 6.54 Å².